The lowest BCUT2D eigenvalue weighted by Gasteiger charge is -2.11. The van der Waals surface area contributed by atoms with Crippen LogP contribution >= 0.6 is 7.60 Å². The van der Waals surface area contributed by atoms with Gasteiger partial charge in [0.05, 0.1) is 0 Å². The minimum Gasteiger partial charge on any atom is -0.462 e. The van der Waals surface area contributed by atoms with Crippen LogP contribution in [-0.2, 0) is 14.1 Å². The van der Waals surface area contributed by atoms with Crippen molar-refractivity contribution in [3.63, 3.8) is 0 Å². The van der Waals surface area contributed by atoms with Gasteiger partial charge in [-0.1, -0.05) is 0 Å². The molecule has 0 saturated heterocycles. The van der Waals surface area contributed by atoms with Crippen LogP contribution in [0.15, 0.2) is 0 Å². The number of rotatable bonds is 3. The Balaban J connectivity index is 2.28. The molecular weight excluding hydrogens is 195 g/mol. The zero-order chi connectivity index (χ0) is 9.90. The summed E-state index contributed by atoms with van der Waals surface area (Å²) in [6, 6.07) is 0. The van der Waals surface area contributed by atoms with Gasteiger partial charge < -0.3 is 14.5 Å². The highest BCUT2D eigenvalue weighted by Gasteiger charge is 2.24. The lowest BCUT2D eigenvalue weighted by Crippen LogP contribution is -2.17. The maximum Gasteiger partial charge on any atom is 0.336 e. The van der Waals surface area contributed by atoms with Crippen LogP contribution in [0.5, 0.6) is 0 Å². The third kappa shape index (κ3) is 4.41. The van der Waals surface area contributed by atoms with Crippen LogP contribution in [0.1, 0.15) is 25.7 Å². The van der Waals surface area contributed by atoms with Crippen molar-refractivity contribution in [2.75, 3.05) is 6.16 Å². The van der Waals surface area contributed by atoms with E-state index in [-0.39, 0.29) is 6.10 Å². The second-order valence-electron chi connectivity index (χ2n) is 3.22. The maximum atomic E-state index is 10.9. The van der Waals surface area contributed by atoms with Crippen molar-refractivity contribution in [1.82, 2.24) is 0 Å². The second-order valence-corrected chi connectivity index (χ2v) is 4.86. The van der Waals surface area contributed by atoms with E-state index in [9.17, 15) is 9.36 Å². The van der Waals surface area contributed by atoms with Crippen LogP contribution in [0.2, 0.25) is 0 Å². The van der Waals surface area contributed by atoms with Crippen molar-refractivity contribution in [2.45, 2.75) is 31.8 Å². The van der Waals surface area contributed by atoms with Gasteiger partial charge in [0.1, 0.15) is 12.3 Å². The largest absolute Gasteiger partial charge is 0.462 e. The molecule has 0 bridgehead atoms. The molecule has 0 spiro atoms. The van der Waals surface area contributed by atoms with E-state index in [0.29, 0.717) is 0 Å². The summed E-state index contributed by atoms with van der Waals surface area (Å²) >= 11 is 0. The summed E-state index contributed by atoms with van der Waals surface area (Å²) in [6.45, 7) is 0. The fourth-order valence-electron chi connectivity index (χ4n) is 1.40. The SMILES string of the molecule is O=C(CP(=O)(O)O)OC1CCCC1. The van der Waals surface area contributed by atoms with E-state index < -0.39 is 19.7 Å². The standard InChI is InChI=1S/C7H13O5P/c8-7(5-13(9,10)11)12-6-3-1-2-4-6/h6H,1-5H2,(H2,9,10,11). The third-order valence-corrected chi connectivity index (χ3v) is 2.61. The predicted molar refractivity (Wildman–Crippen MR) is 45.3 cm³/mol. The third-order valence-electron chi connectivity index (χ3n) is 1.94. The molecule has 0 aromatic heterocycles. The summed E-state index contributed by atoms with van der Waals surface area (Å²) in [5.41, 5.74) is 0. The average Bonchev–Trinajstić information content (AvgIpc) is 2.34. The Bertz CT molecular complexity index is 227. The Kier molecular flexibility index (Phi) is 3.47. The fourth-order valence-corrected chi connectivity index (χ4v) is 1.81. The van der Waals surface area contributed by atoms with Crippen LogP contribution in [0, 0.1) is 0 Å². The molecule has 0 unspecified atom stereocenters. The van der Waals surface area contributed by atoms with E-state index >= 15 is 0 Å². The molecular formula is C7H13O5P. The Hall–Kier alpha value is -0.380. The minimum absolute atomic E-state index is 0.126. The van der Waals surface area contributed by atoms with Gasteiger partial charge in [0, 0.05) is 0 Å². The summed E-state index contributed by atoms with van der Waals surface area (Å²) < 4.78 is 15.3. The Morgan fingerprint density at radius 3 is 2.38 bits per heavy atom. The first-order valence-corrected chi connectivity index (χ1v) is 6.01. The molecule has 0 radical (unpaired) electrons. The molecule has 0 aromatic rings. The number of hydrogen-bond acceptors (Lipinski definition) is 3. The average molecular weight is 208 g/mol. The summed E-state index contributed by atoms with van der Waals surface area (Å²) in [7, 11) is -4.25. The van der Waals surface area contributed by atoms with Crippen molar-refractivity contribution < 1.29 is 23.9 Å². The number of hydrogen-bond donors (Lipinski definition) is 2. The lowest BCUT2D eigenvalue weighted by atomic mass is 10.3. The molecule has 1 aliphatic carbocycles. The Morgan fingerprint density at radius 1 is 1.38 bits per heavy atom. The van der Waals surface area contributed by atoms with E-state index in [1.54, 1.807) is 0 Å². The van der Waals surface area contributed by atoms with Gasteiger partial charge in [0.25, 0.3) is 0 Å². The van der Waals surface area contributed by atoms with Crippen molar-refractivity contribution in [1.29, 1.82) is 0 Å². The predicted octanol–water partition coefficient (Wildman–Crippen LogP) is 0.650. The van der Waals surface area contributed by atoms with Gasteiger partial charge in [-0.25, -0.2) is 0 Å². The van der Waals surface area contributed by atoms with Crippen molar-refractivity contribution >= 4 is 13.6 Å². The molecule has 5 nitrogen and oxygen atoms in total. The van der Waals surface area contributed by atoms with E-state index in [0.717, 1.165) is 25.7 Å². The van der Waals surface area contributed by atoms with Gasteiger partial charge in [-0.05, 0) is 25.7 Å². The summed E-state index contributed by atoms with van der Waals surface area (Å²) in [5, 5.41) is 0. The second kappa shape index (κ2) is 4.22. The molecule has 2 N–H and O–H groups in total. The first-order chi connectivity index (χ1) is 5.97. The Morgan fingerprint density at radius 2 is 1.92 bits per heavy atom. The topological polar surface area (TPSA) is 83.8 Å². The van der Waals surface area contributed by atoms with Gasteiger partial charge in [0.15, 0.2) is 0 Å². The van der Waals surface area contributed by atoms with Crippen LogP contribution in [-0.4, -0.2) is 28.0 Å². The van der Waals surface area contributed by atoms with Crippen LogP contribution in [0.3, 0.4) is 0 Å². The molecule has 1 saturated carbocycles. The fraction of sp³-hybridized carbons (Fsp3) is 0.857. The quantitative estimate of drug-likeness (QED) is 0.525. The molecule has 0 aromatic carbocycles. The van der Waals surface area contributed by atoms with Gasteiger partial charge in [-0.15, -0.1) is 0 Å². The lowest BCUT2D eigenvalue weighted by molar-refractivity contribution is -0.145. The maximum absolute atomic E-state index is 10.9. The van der Waals surface area contributed by atoms with E-state index in [1.165, 1.54) is 0 Å². The summed E-state index contributed by atoms with van der Waals surface area (Å²) in [4.78, 5) is 27.8. The molecule has 76 valence electrons. The Labute approximate surface area is 76.2 Å². The van der Waals surface area contributed by atoms with E-state index in [2.05, 4.69) is 0 Å². The molecule has 1 rings (SSSR count). The highest BCUT2D eigenvalue weighted by atomic mass is 31.2. The van der Waals surface area contributed by atoms with Crippen molar-refractivity contribution in [3.05, 3.63) is 0 Å². The van der Waals surface area contributed by atoms with Crippen molar-refractivity contribution in [3.8, 4) is 0 Å². The number of carbonyl (C=O) groups is 1. The molecule has 0 heterocycles. The van der Waals surface area contributed by atoms with Crippen LogP contribution in [0.25, 0.3) is 0 Å². The molecule has 6 heteroatoms. The highest BCUT2D eigenvalue weighted by molar-refractivity contribution is 7.52. The monoisotopic (exact) mass is 208 g/mol. The smallest absolute Gasteiger partial charge is 0.336 e. The number of esters is 1. The molecule has 0 amide bonds. The molecule has 1 fully saturated rings. The zero-order valence-electron chi connectivity index (χ0n) is 7.18. The minimum atomic E-state index is -4.25. The molecule has 0 atom stereocenters. The van der Waals surface area contributed by atoms with Crippen molar-refractivity contribution in [2.24, 2.45) is 0 Å². The van der Waals surface area contributed by atoms with Gasteiger partial charge >= 0.3 is 13.6 Å². The van der Waals surface area contributed by atoms with Gasteiger partial charge in [0.2, 0.25) is 0 Å². The normalized spacial score (nSPS) is 18.9. The van der Waals surface area contributed by atoms with Gasteiger partial charge in [-0.2, -0.15) is 0 Å². The van der Waals surface area contributed by atoms with Crippen LogP contribution in [0.4, 0.5) is 0 Å². The highest BCUT2D eigenvalue weighted by Crippen LogP contribution is 2.34. The van der Waals surface area contributed by atoms with Crippen LogP contribution < -0.4 is 0 Å². The number of ether oxygens (including phenoxy) is 1. The summed E-state index contributed by atoms with van der Waals surface area (Å²) in [5.74, 6) is -0.791. The molecule has 0 aliphatic heterocycles. The van der Waals surface area contributed by atoms with Gasteiger partial charge in [-0.3, -0.25) is 9.36 Å². The molecule has 13 heavy (non-hydrogen) atoms. The zero-order valence-corrected chi connectivity index (χ0v) is 8.07. The van der Waals surface area contributed by atoms with E-state index in [4.69, 9.17) is 14.5 Å². The first-order valence-electron chi connectivity index (χ1n) is 4.21. The number of carbonyl (C=O) groups excluding carboxylic acids is 1. The summed E-state index contributed by atoms with van der Waals surface area (Å²) in [6.07, 6.45) is 2.74. The van der Waals surface area contributed by atoms with E-state index in [1.807, 2.05) is 0 Å². The first kappa shape index (κ1) is 10.7. The molecule has 1 aliphatic rings.